The molecule has 146 valence electrons. The van der Waals surface area contributed by atoms with Gasteiger partial charge in [0.15, 0.2) is 16.6 Å². The van der Waals surface area contributed by atoms with Crippen molar-refractivity contribution in [2.75, 3.05) is 11.9 Å². The van der Waals surface area contributed by atoms with E-state index >= 15 is 0 Å². The van der Waals surface area contributed by atoms with E-state index in [1.54, 1.807) is 18.2 Å². The molecular formula is C18H16ClFN4O4. The van der Waals surface area contributed by atoms with Gasteiger partial charge in [-0.25, -0.2) is 18.7 Å². The molecule has 0 unspecified atom stereocenters. The number of rotatable bonds is 5. The van der Waals surface area contributed by atoms with Gasteiger partial charge in [0.05, 0.1) is 16.8 Å². The van der Waals surface area contributed by atoms with E-state index in [4.69, 9.17) is 16.7 Å². The molecule has 28 heavy (non-hydrogen) atoms. The van der Waals surface area contributed by atoms with Crippen LogP contribution in [0, 0.1) is 5.82 Å². The van der Waals surface area contributed by atoms with Crippen LogP contribution in [-0.2, 0) is 4.79 Å². The number of aliphatic carboxylic acids is 1. The summed E-state index contributed by atoms with van der Waals surface area (Å²) in [5.74, 6) is -2.06. The minimum absolute atomic E-state index is 0.0635. The molecule has 1 aromatic carbocycles. The van der Waals surface area contributed by atoms with Crippen LogP contribution in [0.15, 0.2) is 33.9 Å². The maximum atomic E-state index is 13.8. The Balaban J connectivity index is 2.45. The number of fused-ring (bicyclic) bond motifs is 1. The second-order valence-corrected chi connectivity index (χ2v) is 6.73. The van der Waals surface area contributed by atoms with Gasteiger partial charge in [-0.1, -0.05) is 37.6 Å². The van der Waals surface area contributed by atoms with Crippen molar-refractivity contribution in [2.24, 2.45) is 0 Å². The molecule has 8 nitrogen and oxygen atoms in total. The monoisotopic (exact) mass is 406 g/mol. The van der Waals surface area contributed by atoms with Crippen LogP contribution in [0.4, 0.5) is 10.1 Å². The summed E-state index contributed by atoms with van der Waals surface area (Å²) in [6, 6.07) is 5.98. The van der Waals surface area contributed by atoms with E-state index in [2.05, 4.69) is 15.3 Å². The highest BCUT2D eigenvalue weighted by Gasteiger charge is 2.20. The van der Waals surface area contributed by atoms with Gasteiger partial charge in [0, 0.05) is 0 Å². The molecule has 0 aliphatic carbocycles. The minimum atomic E-state index is -1.09. The quantitative estimate of drug-likeness (QED) is 0.560. The zero-order valence-electron chi connectivity index (χ0n) is 14.9. The number of nitrogens with zero attached hydrogens (tertiary/aromatic N) is 2. The summed E-state index contributed by atoms with van der Waals surface area (Å²) in [5, 5.41) is 11.1. The first kappa shape index (κ1) is 19.6. The van der Waals surface area contributed by atoms with Crippen molar-refractivity contribution in [2.45, 2.75) is 19.8 Å². The van der Waals surface area contributed by atoms with E-state index in [1.165, 1.54) is 0 Å². The lowest BCUT2D eigenvalue weighted by molar-refractivity contribution is -0.134. The fourth-order valence-electron chi connectivity index (χ4n) is 2.91. The van der Waals surface area contributed by atoms with E-state index < -0.39 is 34.7 Å². The zero-order valence-corrected chi connectivity index (χ0v) is 15.7. The number of carboxylic acids is 1. The largest absolute Gasteiger partial charge is 0.480 e. The highest BCUT2D eigenvalue weighted by Crippen LogP contribution is 2.31. The van der Waals surface area contributed by atoms with Crippen molar-refractivity contribution in [1.82, 2.24) is 14.5 Å². The Hall–Kier alpha value is -3.20. The Bertz CT molecular complexity index is 1200. The summed E-state index contributed by atoms with van der Waals surface area (Å²) >= 11 is 5.79. The first-order chi connectivity index (χ1) is 13.2. The summed E-state index contributed by atoms with van der Waals surface area (Å²) < 4.78 is 14.9. The van der Waals surface area contributed by atoms with Crippen LogP contribution >= 0.6 is 11.6 Å². The summed E-state index contributed by atoms with van der Waals surface area (Å²) in [6.45, 7) is 3.38. The molecular weight excluding hydrogens is 391 g/mol. The average molecular weight is 407 g/mol. The summed E-state index contributed by atoms with van der Waals surface area (Å²) in [5.41, 5.74) is -0.410. The third-order valence-electron chi connectivity index (χ3n) is 4.14. The van der Waals surface area contributed by atoms with Crippen LogP contribution in [0.2, 0.25) is 5.15 Å². The minimum Gasteiger partial charge on any atom is -0.480 e. The molecule has 0 amide bonds. The number of hydrogen-bond donors (Lipinski definition) is 3. The lowest BCUT2D eigenvalue weighted by Gasteiger charge is -2.20. The van der Waals surface area contributed by atoms with Crippen molar-refractivity contribution in [3.63, 3.8) is 0 Å². The number of hydrogen-bond acceptors (Lipinski definition) is 5. The average Bonchev–Trinajstić information content (AvgIpc) is 2.62. The van der Waals surface area contributed by atoms with E-state index in [9.17, 15) is 18.8 Å². The van der Waals surface area contributed by atoms with Crippen LogP contribution in [-0.4, -0.2) is 32.2 Å². The molecule has 0 saturated carbocycles. The molecule has 3 aromatic rings. The van der Waals surface area contributed by atoms with E-state index in [-0.39, 0.29) is 17.0 Å². The number of para-hydroxylation sites is 1. The van der Waals surface area contributed by atoms with Crippen molar-refractivity contribution in [3.8, 4) is 5.69 Å². The number of H-pyrrole nitrogens is 1. The smallest absolute Gasteiger partial charge is 0.334 e. The number of nitrogens with one attached hydrogen (secondary N) is 2. The Morgan fingerprint density at radius 1 is 1.39 bits per heavy atom. The third-order valence-corrected chi connectivity index (χ3v) is 4.40. The van der Waals surface area contributed by atoms with E-state index in [0.29, 0.717) is 16.9 Å². The first-order valence-corrected chi connectivity index (χ1v) is 8.68. The maximum Gasteiger partial charge on any atom is 0.334 e. The van der Waals surface area contributed by atoms with Crippen molar-refractivity contribution in [1.29, 1.82) is 0 Å². The molecule has 0 spiro atoms. The number of anilines is 1. The lowest BCUT2D eigenvalue weighted by atomic mass is 9.99. The number of benzene rings is 1. The summed E-state index contributed by atoms with van der Waals surface area (Å²) in [4.78, 5) is 41.9. The third kappa shape index (κ3) is 3.48. The second-order valence-electron chi connectivity index (χ2n) is 6.37. The van der Waals surface area contributed by atoms with Crippen molar-refractivity contribution < 1.29 is 14.3 Å². The molecule has 0 radical (unpaired) electrons. The number of carboxylic acid groups (broad SMARTS) is 1. The van der Waals surface area contributed by atoms with Crippen molar-refractivity contribution >= 4 is 34.3 Å². The SMILES string of the molecule is CC(C)c1cccc(NCC(=O)O)c1-n1c(=O)[nH]c(=O)c2cc(F)c(Cl)nc21. The molecule has 0 saturated heterocycles. The molecule has 0 atom stereocenters. The summed E-state index contributed by atoms with van der Waals surface area (Å²) in [6.07, 6.45) is 0. The van der Waals surface area contributed by atoms with Crippen LogP contribution in [0.1, 0.15) is 25.3 Å². The number of halogens is 2. The van der Waals surface area contributed by atoms with Gasteiger partial charge in [0.1, 0.15) is 6.54 Å². The molecule has 10 heteroatoms. The number of pyridine rings is 1. The number of aromatic nitrogens is 3. The van der Waals surface area contributed by atoms with Crippen molar-refractivity contribution in [3.05, 3.63) is 61.6 Å². The van der Waals surface area contributed by atoms with Gasteiger partial charge in [-0.3, -0.25) is 14.6 Å². The van der Waals surface area contributed by atoms with Gasteiger partial charge in [-0.15, -0.1) is 0 Å². The van der Waals surface area contributed by atoms with E-state index in [1.807, 2.05) is 13.8 Å². The topological polar surface area (TPSA) is 117 Å². The normalized spacial score (nSPS) is 11.2. The Morgan fingerprint density at radius 3 is 2.75 bits per heavy atom. The molecule has 0 aliphatic heterocycles. The number of carbonyl (C=O) groups is 1. The molecule has 2 aromatic heterocycles. The van der Waals surface area contributed by atoms with Gasteiger partial charge >= 0.3 is 11.7 Å². The fourth-order valence-corrected chi connectivity index (χ4v) is 3.04. The van der Waals surface area contributed by atoms with Gasteiger partial charge in [0.25, 0.3) is 5.56 Å². The molecule has 0 aliphatic rings. The highest BCUT2D eigenvalue weighted by atomic mass is 35.5. The lowest BCUT2D eigenvalue weighted by Crippen LogP contribution is -2.31. The Morgan fingerprint density at radius 2 is 2.11 bits per heavy atom. The van der Waals surface area contributed by atoms with Crippen LogP contribution in [0.5, 0.6) is 0 Å². The van der Waals surface area contributed by atoms with Gasteiger partial charge in [-0.05, 0) is 23.6 Å². The molecule has 3 rings (SSSR count). The fraction of sp³-hybridized carbons (Fsp3) is 0.222. The van der Waals surface area contributed by atoms with Gasteiger partial charge < -0.3 is 10.4 Å². The second kappa shape index (κ2) is 7.43. The zero-order chi connectivity index (χ0) is 20.6. The predicted octanol–water partition coefficient (Wildman–Crippen LogP) is 2.49. The summed E-state index contributed by atoms with van der Waals surface area (Å²) in [7, 11) is 0. The highest BCUT2D eigenvalue weighted by molar-refractivity contribution is 6.29. The van der Waals surface area contributed by atoms with Gasteiger partial charge in [-0.2, -0.15) is 0 Å². The van der Waals surface area contributed by atoms with Crippen LogP contribution in [0.25, 0.3) is 16.7 Å². The van der Waals surface area contributed by atoms with E-state index in [0.717, 1.165) is 10.6 Å². The predicted molar refractivity (Wildman–Crippen MR) is 103 cm³/mol. The number of aromatic amines is 1. The Labute approximate surface area is 162 Å². The molecule has 2 heterocycles. The van der Waals surface area contributed by atoms with Gasteiger partial charge in [0.2, 0.25) is 0 Å². The van der Waals surface area contributed by atoms with Crippen LogP contribution in [0.3, 0.4) is 0 Å². The standard InChI is InChI=1S/C18H16ClFN4O4/c1-8(2)9-4-3-5-12(21-7-13(25)26)14(9)24-16-10(17(27)23-18(24)28)6-11(20)15(19)22-16/h3-6,8,21H,7H2,1-2H3,(H,25,26)(H,23,27,28). The maximum absolute atomic E-state index is 13.8. The molecule has 3 N–H and O–H groups in total. The Kier molecular flexibility index (Phi) is 5.19. The molecule has 0 bridgehead atoms. The molecule has 0 fully saturated rings. The first-order valence-electron chi connectivity index (χ1n) is 8.30. The van der Waals surface area contributed by atoms with Crippen LogP contribution < -0.4 is 16.6 Å².